The molecule has 0 aromatic heterocycles. The lowest BCUT2D eigenvalue weighted by Crippen LogP contribution is -2.59. The van der Waals surface area contributed by atoms with Gasteiger partial charge < -0.3 is 16.4 Å². The van der Waals surface area contributed by atoms with Gasteiger partial charge in [0.05, 0.1) is 0 Å². The minimum absolute atomic E-state index is 0.207. The third-order valence-electron chi connectivity index (χ3n) is 6.55. The fourth-order valence-corrected chi connectivity index (χ4v) is 4.59. The van der Waals surface area contributed by atoms with Gasteiger partial charge in [-0.3, -0.25) is 0 Å². The van der Waals surface area contributed by atoms with Crippen molar-refractivity contribution in [2.75, 3.05) is 11.9 Å². The van der Waals surface area contributed by atoms with E-state index < -0.39 is 29.7 Å². The van der Waals surface area contributed by atoms with E-state index in [0.29, 0.717) is 36.9 Å². The van der Waals surface area contributed by atoms with E-state index in [1.165, 1.54) is 17.7 Å². The second-order valence-corrected chi connectivity index (χ2v) is 8.38. The Bertz CT molecular complexity index is 904. The molecule has 0 bridgehead atoms. The van der Waals surface area contributed by atoms with Crippen molar-refractivity contribution < 1.29 is 18.0 Å². The first-order valence-electron chi connectivity index (χ1n) is 10.4. The maximum atomic E-state index is 14.7. The van der Waals surface area contributed by atoms with Crippen LogP contribution in [0.3, 0.4) is 0 Å². The Morgan fingerprint density at radius 2 is 1.90 bits per heavy atom. The normalized spacial score (nSPS) is 22.8. The van der Waals surface area contributed by atoms with Crippen molar-refractivity contribution in [3.05, 3.63) is 65.5 Å². The number of carbonyl (C=O) groups is 1. The molecule has 2 aromatic rings. The molecule has 2 aliphatic carbocycles. The van der Waals surface area contributed by atoms with Crippen LogP contribution in [0, 0.1) is 17.7 Å². The molecule has 0 heterocycles. The summed E-state index contributed by atoms with van der Waals surface area (Å²) in [4.78, 5) is 11.6. The second kappa shape index (κ2) is 8.20. The highest BCUT2D eigenvalue weighted by Gasteiger charge is 2.53. The van der Waals surface area contributed by atoms with Crippen LogP contribution < -0.4 is 16.4 Å². The van der Waals surface area contributed by atoms with Gasteiger partial charge >= 0.3 is 6.03 Å². The number of benzene rings is 2. The predicted octanol–water partition coefficient (Wildman–Crippen LogP) is 4.97. The van der Waals surface area contributed by atoms with E-state index in [4.69, 9.17) is 5.73 Å². The van der Waals surface area contributed by atoms with Gasteiger partial charge in [0.1, 0.15) is 11.4 Å². The number of alkyl halides is 2. The first-order valence-corrected chi connectivity index (χ1v) is 10.4. The molecule has 2 aliphatic rings. The zero-order valence-electron chi connectivity index (χ0n) is 16.6. The van der Waals surface area contributed by atoms with Gasteiger partial charge in [0, 0.05) is 17.8 Å². The van der Waals surface area contributed by atoms with E-state index in [2.05, 4.69) is 22.8 Å². The van der Waals surface area contributed by atoms with Crippen molar-refractivity contribution in [3.8, 4) is 0 Å². The minimum atomic E-state index is -2.98. The van der Waals surface area contributed by atoms with Gasteiger partial charge in [-0.2, -0.15) is 0 Å². The number of anilines is 1. The number of halogens is 3. The zero-order valence-corrected chi connectivity index (χ0v) is 16.6. The number of primary amides is 1. The molecule has 0 aliphatic heterocycles. The van der Waals surface area contributed by atoms with Crippen LogP contribution in [0.2, 0.25) is 0 Å². The molecule has 0 spiro atoms. The van der Waals surface area contributed by atoms with Gasteiger partial charge in [0.25, 0.3) is 6.43 Å². The van der Waals surface area contributed by atoms with E-state index in [0.717, 1.165) is 12.8 Å². The van der Waals surface area contributed by atoms with Crippen LogP contribution >= 0.6 is 0 Å². The average molecular weight is 417 g/mol. The molecule has 4 rings (SSSR count). The van der Waals surface area contributed by atoms with Gasteiger partial charge in [-0.05, 0) is 60.8 Å². The molecule has 7 heteroatoms. The number of amides is 2. The van der Waals surface area contributed by atoms with Crippen molar-refractivity contribution in [2.45, 2.75) is 43.6 Å². The SMILES string of the molecule is NC(=O)N[C@@](c1cc(NC[C@H]2C[C@H]2c2ccccc2)ccc1F)(C(F)F)C1CCC1. The third-order valence-corrected chi connectivity index (χ3v) is 6.55. The first-order chi connectivity index (χ1) is 14.4. The highest BCUT2D eigenvalue weighted by atomic mass is 19.3. The van der Waals surface area contributed by atoms with Gasteiger partial charge in [-0.1, -0.05) is 36.8 Å². The quantitative estimate of drug-likeness (QED) is 0.568. The fourth-order valence-electron chi connectivity index (χ4n) is 4.59. The molecule has 2 fully saturated rings. The minimum Gasteiger partial charge on any atom is -0.385 e. The smallest absolute Gasteiger partial charge is 0.313 e. The van der Waals surface area contributed by atoms with Crippen LogP contribution in [-0.4, -0.2) is 19.0 Å². The van der Waals surface area contributed by atoms with E-state index in [1.807, 2.05) is 18.2 Å². The number of rotatable bonds is 8. The molecule has 2 amide bonds. The van der Waals surface area contributed by atoms with E-state index >= 15 is 0 Å². The Balaban J connectivity index is 1.54. The molecule has 4 nitrogen and oxygen atoms in total. The van der Waals surface area contributed by atoms with E-state index in [-0.39, 0.29) is 5.56 Å². The molecular formula is C23H26F3N3O. The van der Waals surface area contributed by atoms with Crippen LogP contribution in [-0.2, 0) is 5.54 Å². The summed E-state index contributed by atoms with van der Waals surface area (Å²) in [6, 6.07) is 13.3. The Morgan fingerprint density at radius 1 is 1.17 bits per heavy atom. The number of carbonyl (C=O) groups excluding carboxylic acids is 1. The Labute approximate surface area is 174 Å². The summed E-state index contributed by atoms with van der Waals surface area (Å²) >= 11 is 0. The molecule has 4 N–H and O–H groups in total. The maximum Gasteiger partial charge on any atom is 0.313 e. The van der Waals surface area contributed by atoms with Crippen molar-refractivity contribution >= 4 is 11.7 Å². The largest absolute Gasteiger partial charge is 0.385 e. The third kappa shape index (κ3) is 3.85. The lowest BCUT2D eigenvalue weighted by atomic mass is 9.67. The van der Waals surface area contributed by atoms with Crippen LogP contribution in [0.1, 0.15) is 42.7 Å². The molecule has 30 heavy (non-hydrogen) atoms. The summed E-state index contributed by atoms with van der Waals surface area (Å²) in [6.07, 6.45) is -0.185. The summed E-state index contributed by atoms with van der Waals surface area (Å²) in [6.45, 7) is 0.666. The highest BCUT2D eigenvalue weighted by Crippen LogP contribution is 2.49. The molecule has 2 aromatic carbocycles. The number of nitrogens with one attached hydrogen (secondary N) is 2. The van der Waals surface area contributed by atoms with Gasteiger partial charge in [-0.15, -0.1) is 0 Å². The lowest BCUT2D eigenvalue weighted by Gasteiger charge is -2.45. The summed E-state index contributed by atoms with van der Waals surface area (Å²) < 4.78 is 43.3. The maximum absolute atomic E-state index is 14.7. The van der Waals surface area contributed by atoms with Crippen molar-refractivity contribution in [1.29, 1.82) is 0 Å². The average Bonchev–Trinajstić information content (AvgIpc) is 3.45. The Kier molecular flexibility index (Phi) is 5.62. The summed E-state index contributed by atoms with van der Waals surface area (Å²) in [5.74, 6) is -0.405. The fraction of sp³-hybridized carbons (Fsp3) is 0.435. The summed E-state index contributed by atoms with van der Waals surface area (Å²) in [5.41, 5.74) is 4.74. The van der Waals surface area contributed by atoms with Crippen LogP contribution in [0.25, 0.3) is 0 Å². The van der Waals surface area contributed by atoms with E-state index in [1.54, 1.807) is 6.07 Å². The molecule has 0 saturated heterocycles. The Morgan fingerprint density at radius 3 is 2.50 bits per heavy atom. The van der Waals surface area contributed by atoms with Crippen molar-refractivity contribution in [2.24, 2.45) is 17.6 Å². The summed E-state index contributed by atoms with van der Waals surface area (Å²) in [7, 11) is 0. The van der Waals surface area contributed by atoms with Gasteiger partial charge in [-0.25, -0.2) is 18.0 Å². The molecule has 3 atom stereocenters. The molecule has 2 saturated carbocycles. The van der Waals surface area contributed by atoms with Gasteiger partial charge in [0.15, 0.2) is 0 Å². The second-order valence-electron chi connectivity index (χ2n) is 8.38. The van der Waals surface area contributed by atoms with Crippen LogP contribution in [0.5, 0.6) is 0 Å². The monoisotopic (exact) mass is 417 g/mol. The van der Waals surface area contributed by atoms with Gasteiger partial charge in [0.2, 0.25) is 0 Å². The van der Waals surface area contributed by atoms with Crippen LogP contribution in [0.15, 0.2) is 48.5 Å². The first kappa shape index (κ1) is 20.6. The Hall–Kier alpha value is -2.70. The van der Waals surface area contributed by atoms with Crippen LogP contribution in [0.4, 0.5) is 23.7 Å². The molecule has 160 valence electrons. The number of nitrogens with two attached hydrogens (primary N) is 1. The standard InChI is InChI=1S/C23H26F3N3O/c24-20-10-9-17(28-13-15-11-18(15)14-5-2-1-3-6-14)12-19(20)23(21(25)26,29-22(27)30)16-7-4-8-16/h1-3,5-6,9-10,12,15-16,18,21,28H,4,7-8,11,13H2,(H3,27,29,30)/t15-,18+,23+/m1/s1. The molecule has 0 unspecified atom stereocenters. The number of hydrogen-bond acceptors (Lipinski definition) is 2. The van der Waals surface area contributed by atoms with E-state index in [9.17, 15) is 18.0 Å². The van der Waals surface area contributed by atoms with Crippen molar-refractivity contribution in [1.82, 2.24) is 5.32 Å². The summed E-state index contributed by atoms with van der Waals surface area (Å²) in [5, 5.41) is 5.46. The molecular weight excluding hydrogens is 391 g/mol. The topological polar surface area (TPSA) is 67.2 Å². The zero-order chi connectivity index (χ0) is 21.3. The predicted molar refractivity (Wildman–Crippen MR) is 110 cm³/mol. The number of hydrogen-bond donors (Lipinski definition) is 3. The number of urea groups is 1. The van der Waals surface area contributed by atoms with Crippen molar-refractivity contribution in [3.63, 3.8) is 0 Å². The molecule has 0 radical (unpaired) electrons. The highest BCUT2D eigenvalue weighted by molar-refractivity contribution is 5.73. The lowest BCUT2D eigenvalue weighted by molar-refractivity contribution is -0.0297.